The lowest BCUT2D eigenvalue weighted by atomic mass is 9.93. The number of carbonyl (C=O) groups is 1. The molecule has 0 N–H and O–H groups in total. The van der Waals surface area contributed by atoms with E-state index in [0.717, 1.165) is 51.7 Å². The summed E-state index contributed by atoms with van der Waals surface area (Å²) in [7, 11) is 5.07. The van der Waals surface area contributed by atoms with Crippen LogP contribution in [0.4, 0.5) is 0 Å². The van der Waals surface area contributed by atoms with Crippen LogP contribution in [0.3, 0.4) is 0 Å². The number of nitrogens with zero attached hydrogens (tertiary/aromatic N) is 1. The Morgan fingerprint density at radius 1 is 1.10 bits per heavy atom. The number of rotatable bonds is 7. The smallest absolute Gasteiger partial charge is 0.322 e. The lowest BCUT2D eigenvalue weighted by Crippen LogP contribution is -2.24. The first-order valence-corrected chi connectivity index (χ1v) is 10.2. The fourth-order valence-corrected chi connectivity index (χ4v) is 4.30. The van der Waals surface area contributed by atoms with Crippen molar-refractivity contribution in [2.75, 3.05) is 34.6 Å². The summed E-state index contributed by atoms with van der Waals surface area (Å²) in [6.07, 6.45) is 1.41. The van der Waals surface area contributed by atoms with Gasteiger partial charge in [0.15, 0.2) is 23.0 Å². The van der Waals surface area contributed by atoms with Gasteiger partial charge in [-0.25, -0.2) is 0 Å². The molecule has 164 valence electrons. The lowest BCUT2D eigenvalue weighted by Gasteiger charge is -2.18. The number of carbonyl (C=O) groups excluding carboxylic acids is 1. The number of benzene rings is 2. The van der Waals surface area contributed by atoms with E-state index in [1.54, 1.807) is 26.3 Å². The van der Waals surface area contributed by atoms with Crippen molar-refractivity contribution >= 4 is 17.1 Å². The Labute approximate surface area is 182 Å². The summed E-state index contributed by atoms with van der Waals surface area (Å²) in [5.41, 5.74) is 6.91. The van der Waals surface area contributed by atoms with Crippen molar-refractivity contribution in [1.82, 2.24) is 5.06 Å². The van der Waals surface area contributed by atoms with Crippen LogP contribution in [0.15, 0.2) is 24.3 Å². The second-order valence-electron chi connectivity index (χ2n) is 7.65. The Morgan fingerprint density at radius 2 is 1.84 bits per heavy atom. The molecule has 0 unspecified atom stereocenters. The van der Waals surface area contributed by atoms with E-state index in [4.69, 9.17) is 23.8 Å². The zero-order valence-corrected chi connectivity index (χ0v) is 18.5. The summed E-state index contributed by atoms with van der Waals surface area (Å²) in [4.78, 5) is 16.4. The first-order chi connectivity index (χ1) is 14.9. The maximum Gasteiger partial charge on any atom is 0.322 e. The molecule has 2 aromatic carbocycles. The Morgan fingerprint density at radius 3 is 2.52 bits per heavy atom. The highest BCUT2D eigenvalue weighted by Gasteiger charge is 2.28. The molecule has 0 atom stereocenters. The van der Waals surface area contributed by atoms with Crippen LogP contribution in [0.25, 0.3) is 11.1 Å². The van der Waals surface area contributed by atoms with Crippen LogP contribution in [0.1, 0.15) is 36.1 Å². The molecule has 0 bridgehead atoms. The maximum absolute atomic E-state index is 11.2. The molecular weight excluding hydrogens is 398 g/mol. The molecule has 1 heterocycles. The van der Waals surface area contributed by atoms with Crippen LogP contribution in [0.5, 0.6) is 23.0 Å². The third kappa shape index (κ3) is 3.93. The topological polar surface area (TPSA) is 66.5 Å². The zero-order valence-electron chi connectivity index (χ0n) is 18.5. The number of hydrogen-bond donors (Lipinski definition) is 0. The minimum absolute atomic E-state index is 0.217. The van der Waals surface area contributed by atoms with Crippen LogP contribution in [0.2, 0.25) is 0 Å². The Bertz CT molecular complexity index is 1060. The molecular formula is C24H27NO6. The molecule has 0 aromatic heterocycles. The van der Waals surface area contributed by atoms with Gasteiger partial charge in [-0.15, -0.1) is 5.06 Å². The van der Waals surface area contributed by atoms with Gasteiger partial charge >= 0.3 is 5.97 Å². The molecule has 2 aliphatic rings. The zero-order chi connectivity index (χ0) is 22.1. The molecule has 4 rings (SSSR count). The maximum atomic E-state index is 11.2. The van der Waals surface area contributed by atoms with Gasteiger partial charge < -0.3 is 23.8 Å². The molecule has 0 fully saturated rings. The third-order valence-electron chi connectivity index (χ3n) is 5.76. The van der Waals surface area contributed by atoms with Gasteiger partial charge in [0.05, 0.1) is 14.2 Å². The number of hydrogen-bond acceptors (Lipinski definition) is 7. The molecule has 0 amide bonds. The van der Waals surface area contributed by atoms with E-state index in [-0.39, 0.29) is 12.8 Å². The van der Waals surface area contributed by atoms with Crippen molar-refractivity contribution in [3.05, 3.63) is 46.5 Å². The Kier molecular flexibility index (Phi) is 5.78. The first kappa shape index (κ1) is 21.1. The predicted octanol–water partition coefficient (Wildman–Crippen LogP) is 3.87. The molecule has 1 aliphatic heterocycles. The van der Waals surface area contributed by atoms with Gasteiger partial charge in [0.2, 0.25) is 6.79 Å². The van der Waals surface area contributed by atoms with Crippen LogP contribution in [-0.4, -0.2) is 45.6 Å². The van der Waals surface area contributed by atoms with E-state index in [1.807, 2.05) is 12.1 Å². The van der Waals surface area contributed by atoms with Crippen molar-refractivity contribution < 1.29 is 28.6 Å². The third-order valence-corrected chi connectivity index (χ3v) is 5.76. The molecule has 2 aromatic rings. The highest BCUT2D eigenvalue weighted by molar-refractivity contribution is 5.98. The van der Waals surface area contributed by atoms with Crippen molar-refractivity contribution in [1.29, 1.82) is 0 Å². The molecule has 0 radical (unpaired) electrons. The lowest BCUT2D eigenvalue weighted by molar-refractivity contribution is -0.180. The average molecular weight is 425 g/mol. The van der Waals surface area contributed by atoms with E-state index < -0.39 is 0 Å². The number of likely N-dealkylation sites (N-methyl/N-ethyl adjacent to an activating group) is 1. The Balaban J connectivity index is 1.72. The molecule has 7 heteroatoms. The van der Waals surface area contributed by atoms with Gasteiger partial charge in [-0.1, -0.05) is 6.07 Å². The van der Waals surface area contributed by atoms with E-state index in [0.29, 0.717) is 13.0 Å². The molecule has 1 aliphatic carbocycles. The van der Waals surface area contributed by atoms with E-state index in [2.05, 4.69) is 19.1 Å². The normalized spacial score (nSPS) is 14.1. The minimum Gasteiger partial charge on any atom is -0.493 e. The van der Waals surface area contributed by atoms with Crippen molar-refractivity contribution in [2.24, 2.45) is 0 Å². The van der Waals surface area contributed by atoms with Crippen LogP contribution < -0.4 is 18.9 Å². The first-order valence-electron chi connectivity index (χ1n) is 10.2. The van der Waals surface area contributed by atoms with Crippen molar-refractivity contribution in [2.45, 2.75) is 26.7 Å². The highest BCUT2D eigenvalue weighted by Crippen LogP contribution is 2.48. The number of methoxy groups -OCH3 is 2. The van der Waals surface area contributed by atoms with Gasteiger partial charge in [-0.3, -0.25) is 4.79 Å². The van der Waals surface area contributed by atoms with Gasteiger partial charge in [0.25, 0.3) is 0 Å². The van der Waals surface area contributed by atoms with Gasteiger partial charge in [-0.2, -0.15) is 0 Å². The standard InChI is InChI=1S/C24H27NO6/c1-14-17-6-7-21(27-4)24(28-5)20(17)11-18(14)19-12-23-22(29-13-30-23)10-16(19)8-9-25(3)31-15(2)26/h6-7,10,12H,8-9,11,13H2,1-5H3. The summed E-state index contributed by atoms with van der Waals surface area (Å²) in [6.45, 7) is 4.30. The molecule has 7 nitrogen and oxygen atoms in total. The molecule has 0 saturated heterocycles. The van der Waals surface area contributed by atoms with Gasteiger partial charge in [0.1, 0.15) is 0 Å². The highest BCUT2D eigenvalue weighted by atomic mass is 16.7. The monoisotopic (exact) mass is 425 g/mol. The fourth-order valence-electron chi connectivity index (χ4n) is 4.30. The largest absolute Gasteiger partial charge is 0.493 e. The number of hydroxylamine groups is 2. The van der Waals surface area contributed by atoms with Crippen molar-refractivity contribution in [3.8, 4) is 23.0 Å². The summed E-state index contributed by atoms with van der Waals surface area (Å²) in [5, 5.41) is 1.55. The second-order valence-corrected chi connectivity index (χ2v) is 7.65. The fraction of sp³-hybridized carbons (Fsp3) is 0.375. The molecule has 0 saturated carbocycles. The quantitative estimate of drug-likeness (QED) is 0.624. The SMILES string of the molecule is COc1ccc2c(c1OC)CC(c1cc3c(cc1CCN(C)OC(C)=O)OCO3)=C2C. The van der Waals surface area contributed by atoms with Gasteiger partial charge in [-0.05, 0) is 59.4 Å². The summed E-state index contributed by atoms with van der Waals surface area (Å²) >= 11 is 0. The van der Waals surface area contributed by atoms with E-state index >= 15 is 0 Å². The average Bonchev–Trinajstić information content (AvgIpc) is 3.34. The minimum atomic E-state index is -0.334. The molecule has 0 spiro atoms. The molecule has 31 heavy (non-hydrogen) atoms. The van der Waals surface area contributed by atoms with Crippen LogP contribution >= 0.6 is 0 Å². The summed E-state index contributed by atoms with van der Waals surface area (Å²) < 4.78 is 22.4. The van der Waals surface area contributed by atoms with Crippen LogP contribution in [0, 0.1) is 0 Å². The summed E-state index contributed by atoms with van der Waals surface area (Å²) in [5.74, 6) is 2.64. The number of fused-ring (bicyclic) bond motifs is 2. The van der Waals surface area contributed by atoms with Crippen LogP contribution in [-0.2, 0) is 22.5 Å². The number of allylic oxidation sites excluding steroid dienone is 2. The summed E-state index contributed by atoms with van der Waals surface area (Å²) in [6, 6.07) is 8.11. The Hall–Kier alpha value is -3.19. The second kappa shape index (κ2) is 8.51. The van der Waals surface area contributed by atoms with Gasteiger partial charge in [0, 0.05) is 32.5 Å². The van der Waals surface area contributed by atoms with Crippen molar-refractivity contribution in [3.63, 3.8) is 0 Å². The predicted molar refractivity (Wildman–Crippen MR) is 116 cm³/mol. The van der Waals surface area contributed by atoms with E-state index in [1.165, 1.54) is 18.1 Å². The number of ether oxygens (including phenoxy) is 4. The van der Waals surface area contributed by atoms with E-state index in [9.17, 15) is 4.79 Å².